The SMILES string of the molecule is CC(C)CN=C(N)NCCC1CC2CCC1O2. The molecule has 0 aromatic rings. The summed E-state index contributed by atoms with van der Waals surface area (Å²) < 4.78 is 5.83. The van der Waals surface area contributed by atoms with Gasteiger partial charge in [-0.05, 0) is 37.5 Å². The third-order valence-corrected chi connectivity index (χ3v) is 3.68. The van der Waals surface area contributed by atoms with E-state index >= 15 is 0 Å². The zero-order valence-corrected chi connectivity index (χ0v) is 11.0. The van der Waals surface area contributed by atoms with Crippen LogP contribution >= 0.6 is 0 Å². The van der Waals surface area contributed by atoms with Gasteiger partial charge in [-0.2, -0.15) is 0 Å². The minimum Gasteiger partial charge on any atom is -0.375 e. The van der Waals surface area contributed by atoms with Crippen LogP contribution < -0.4 is 11.1 Å². The lowest BCUT2D eigenvalue weighted by Gasteiger charge is -2.18. The third kappa shape index (κ3) is 3.60. The number of hydrogen-bond donors (Lipinski definition) is 2. The van der Waals surface area contributed by atoms with E-state index in [2.05, 4.69) is 24.2 Å². The van der Waals surface area contributed by atoms with Crippen LogP contribution in [-0.2, 0) is 4.74 Å². The molecule has 3 atom stereocenters. The van der Waals surface area contributed by atoms with Gasteiger partial charge in [-0.3, -0.25) is 4.99 Å². The maximum atomic E-state index is 5.83. The minimum absolute atomic E-state index is 0.524. The number of ether oxygens (including phenoxy) is 1. The van der Waals surface area contributed by atoms with Gasteiger partial charge in [-0.15, -0.1) is 0 Å². The van der Waals surface area contributed by atoms with Gasteiger partial charge in [0.15, 0.2) is 5.96 Å². The molecule has 0 amide bonds. The van der Waals surface area contributed by atoms with Crippen molar-refractivity contribution in [2.45, 2.75) is 51.7 Å². The first-order valence-electron chi connectivity index (χ1n) is 6.84. The van der Waals surface area contributed by atoms with E-state index in [4.69, 9.17) is 10.5 Å². The molecule has 0 radical (unpaired) electrons. The molecule has 4 nitrogen and oxygen atoms in total. The Bertz CT molecular complexity index is 278. The number of rotatable bonds is 5. The standard InChI is InChI=1S/C13H25N3O/c1-9(2)8-16-13(14)15-6-5-10-7-11-3-4-12(10)17-11/h9-12H,3-8H2,1-2H3,(H3,14,15,16). The van der Waals surface area contributed by atoms with E-state index in [0.29, 0.717) is 24.1 Å². The first-order valence-corrected chi connectivity index (χ1v) is 6.84. The summed E-state index contributed by atoms with van der Waals surface area (Å²) in [6, 6.07) is 0. The molecule has 98 valence electrons. The number of aliphatic imine (C=N–C) groups is 1. The van der Waals surface area contributed by atoms with Crippen molar-refractivity contribution in [2.24, 2.45) is 22.6 Å². The van der Waals surface area contributed by atoms with Gasteiger partial charge in [0.2, 0.25) is 0 Å². The van der Waals surface area contributed by atoms with Gasteiger partial charge in [0.25, 0.3) is 0 Å². The van der Waals surface area contributed by atoms with Crippen molar-refractivity contribution in [3.05, 3.63) is 0 Å². The number of hydrogen-bond acceptors (Lipinski definition) is 2. The zero-order valence-electron chi connectivity index (χ0n) is 11.0. The highest BCUT2D eigenvalue weighted by Crippen LogP contribution is 2.40. The molecule has 2 rings (SSSR count). The molecule has 3 N–H and O–H groups in total. The second kappa shape index (κ2) is 5.71. The summed E-state index contributed by atoms with van der Waals surface area (Å²) in [7, 11) is 0. The molecule has 0 aromatic carbocycles. The third-order valence-electron chi connectivity index (χ3n) is 3.68. The smallest absolute Gasteiger partial charge is 0.188 e. The Labute approximate surface area is 104 Å². The molecule has 2 aliphatic heterocycles. The van der Waals surface area contributed by atoms with Crippen LogP contribution in [0.1, 0.15) is 39.5 Å². The Morgan fingerprint density at radius 3 is 2.88 bits per heavy atom. The van der Waals surface area contributed by atoms with Crippen LogP contribution in [0, 0.1) is 11.8 Å². The van der Waals surface area contributed by atoms with Crippen molar-refractivity contribution in [3.8, 4) is 0 Å². The van der Waals surface area contributed by atoms with Crippen molar-refractivity contribution in [1.82, 2.24) is 5.32 Å². The van der Waals surface area contributed by atoms with E-state index in [1.165, 1.54) is 19.3 Å². The van der Waals surface area contributed by atoms with Crippen LogP contribution in [0.15, 0.2) is 4.99 Å². The fourth-order valence-electron chi connectivity index (χ4n) is 2.77. The topological polar surface area (TPSA) is 59.6 Å². The van der Waals surface area contributed by atoms with Gasteiger partial charge in [0, 0.05) is 13.1 Å². The van der Waals surface area contributed by atoms with E-state index in [-0.39, 0.29) is 0 Å². The van der Waals surface area contributed by atoms with Crippen molar-refractivity contribution >= 4 is 5.96 Å². The lowest BCUT2D eigenvalue weighted by atomic mass is 9.87. The predicted octanol–water partition coefficient (Wildman–Crippen LogP) is 1.50. The summed E-state index contributed by atoms with van der Waals surface area (Å²) in [5, 5.41) is 3.20. The average Bonchev–Trinajstić information content (AvgIpc) is 2.88. The Morgan fingerprint density at radius 2 is 2.29 bits per heavy atom. The maximum Gasteiger partial charge on any atom is 0.188 e. The van der Waals surface area contributed by atoms with Crippen LogP contribution in [-0.4, -0.2) is 31.3 Å². The molecule has 2 aliphatic rings. The molecule has 0 saturated carbocycles. The molecule has 2 heterocycles. The summed E-state index contributed by atoms with van der Waals surface area (Å²) in [5.74, 6) is 1.89. The van der Waals surface area contributed by atoms with Crippen LogP contribution in [0.4, 0.5) is 0 Å². The quantitative estimate of drug-likeness (QED) is 0.564. The van der Waals surface area contributed by atoms with Gasteiger partial charge < -0.3 is 15.8 Å². The van der Waals surface area contributed by atoms with Crippen molar-refractivity contribution < 1.29 is 4.74 Å². The molecular formula is C13H25N3O. The fraction of sp³-hybridized carbons (Fsp3) is 0.923. The number of nitrogens with two attached hydrogens (primary N) is 1. The molecule has 2 fully saturated rings. The maximum absolute atomic E-state index is 5.83. The lowest BCUT2D eigenvalue weighted by molar-refractivity contribution is 0.0915. The Balaban J connectivity index is 1.61. The Kier molecular flexibility index (Phi) is 4.26. The van der Waals surface area contributed by atoms with Gasteiger partial charge in [-0.25, -0.2) is 0 Å². The molecular weight excluding hydrogens is 214 g/mol. The zero-order chi connectivity index (χ0) is 12.3. The number of fused-ring (bicyclic) bond motifs is 2. The van der Waals surface area contributed by atoms with Crippen LogP contribution in [0.25, 0.3) is 0 Å². The lowest BCUT2D eigenvalue weighted by Crippen LogP contribution is -2.34. The van der Waals surface area contributed by atoms with E-state index in [1.807, 2.05) is 0 Å². The highest BCUT2D eigenvalue weighted by molar-refractivity contribution is 5.77. The Morgan fingerprint density at radius 1 is 1.47 bits per heavy atom. The fourth-order valence-corrected chi connectivity index (χ4v) is 2.77. The highest BCUT2D eigenvalue weighted by Gasteiger charge is 2.39. The summed E-state index contributed by atoms with van der Waals surface area (Å²) in [6.45, 7) is 6.01. The molecule has 2 bridgehead atoms. The molecule has 0 aliphatic carbocycles. The molecule has 2 saturated heterocycles. The highest BCUT2D eigenvalue weighted by atomic mass is 16.5. The van der Waals surface area contributed by atoms with Crippen LogP contribution in [0.3, 0.4) is 0 Å². The average molecular weight is 239 g/mol. The van der Waals surface area contributed by atoms with Crippen molar-refractivity contribution in [1.29, 1.82) is 0 Å². The summed E-state index contributed by atoms with van der Waals surface area (Å²) >= 11 is 0. The molecule has 17 heavy (non-hydrogen) atoms. The van der Waals surface area contributed by atoms with E-state index < -0.39 is 0 Å². The van der Waals surface area contributed by atoms with Crippen LogP contribution in [0.2, 0.25) is 0 Å². The molecule has 3 unspecified atom stereocenters. The van der Waals surface area contributed by atoms with E-state index in [9.17, 15) is 0 Å². The van der Waals surface area contributed by atoms with Gasteiger partial charge in [0.05, 0.1) is 12.2 Å². The predicted molar refractivity (Wildman–Crippen MR) is 69.9 cm³/mol. The second-order valence-corrected chi connectivity index (χ2v) is 5.70. The normalized spacial score (nSPS) is 32.4. The van der Waals surface area contributed by atoms with Gasteiger partial charge in [-0.1, -0.05) is 13.8 Å². The number of guanidine groups is 1. The van der Waals surface area contributed by atoms with E-state index in [1.54, 1.807) is 0 Å². The molecule has 0 aromatic heterocycles. The monoisotopic (exact) mass is 239 g/mol. The van der Waals surface area contributed by atoms with Crippen molar-refractivity contribution in [2.75, 3.05) is 13.1 Å². The van der Waals surface area contributed by atoms with Crippen LogP contribution in [0.5, 0.6) is 0 Å². The Hall–Kier alpha value is -0.770. The van der Waals surface area contributed by atoms with Gasteiger partial charge in [0.1, 0.15) is 0 Å². The van der Waals surface area contributed by atoms with Gasteiger partial charge >= 0.3 is 0 Å². The van der Waals surface area contributed by atoms with E-state index in [0.717, 1.165) is 25.4 Å². The summed E-state index contributed by atoms with van der Waals surface area (Å²) in [4.78, 5) is 4.29. The number of nitrogens with one attached hydrogen (secondary N) is 1. The molecule has 0 spiro atoms. The summed E-state index contributed by atoms with van der Waals surface area (Å²) in [5.41, 5.74) is 5.79. The first-order chi connectivity index (χ1) is 8.15. The summed E-state index contributed by atoms with van der Waals surface area (Å²) in [6.07, 6.45) is 6.00. The minimum atomic E-state index is 0.524. The largest absolute Gasteiger partial charge is 0.375 e. The number of nitrogens with zero attached hydrogens (tertiary/aromatic N) is 1. The second-order valence-electron chi connectivity index (χ2n) is 5.70. The first kappa shape index (κ1) is 12.7. The molecule has 4 heteroatoms. The van der Waals surface area contributed by atoms with Crippen molar-refractivity contribution in [3.63, 3.8) is 0 Å².